The lowest BCUT2D eigenvalue weighted by atomic mass is 9.93. The predicted molar refractivity (Wildman–Crippen MR) is 135 cm³/mol. The summed E-state index contributed by atoms with van der Waals surface area (Å²) in [5.41, 5.74) is 2.44. The number of amides is 1. The van der Waals surface area contributed by atoms with E-state index >= 15 is 0 Å². The molecule has 35 heavy (non-hydrogen) atoms. The van der Waals surface area contributed by atoms with Crippen LogP contribution < -0.4 is 14.8 Å². The second-order valence-corrected chi connectivity index (χ2v) is 9.38. The molecule has 0 radical (unpaired) electrons. The molecule has 10 heteroatoms. The highest BCUT2D eigenvalue weighted by atomic mass is 32.2. The zero-order chi connectivity index (χ0) is 25.5. The normalized spacial score (nSPS) is 17.1. The Balaban J connectivity index is 2.03. The number of benzene rings is 1. The summed E-state index contributed by atoms with van der Waals surface area (Å²) in [7, 11) is 4.69. The van der Waals surface area contributed by atoms with Gasteiger partial charge in [0.25, 0.3) is 0 Å². The minimum atomic E-state index is -0.583. The summed E-state index contributed by atoms with van der Waals surface area (Å²) in [6, 6.07) is 4.89. The molecule has 0 aliphatic carbocycles. The van der Waals surface area contributed by atoms with Crippen LogP contribution in [0.1, 0.15) is 38.8 Å². The van der Waals surface area contributed by atoms with E-state index in [1.165, 1.54) is 11.8 Å². The van der Waals surface area contributed by atoms with Gasteiger partial charge in [-0.25, -0.2) is 9.79 Å². The number of hydrogen-bond donors (Lipinski definition) is 1. The lowest BCUT2D eigenvalue weighted by Crippen LogP contribution is -2.38. The van der Waals surface area contributed by atoms with Gasteiger partial charge < -0.3 is 29.2 Å². The van der Waals surface area contributed by atoms with Gasteiger partial charge in [0.1, 0.15) is 18.1 Å². The number of ether oxygens (including phenoxy) is 4. The molecule has 9 nitrogen and oxygen atoms in total. The summed E-state index contributed by atoms with van der Waals surface area (Å²) in [5, 5.41) is 5.56. The Kier molecular flexibility index (Phi) is 9.22. The molecule has 2 heterocycles. The quantitative estimate of drug-likeness (QED) is 0.361. The third-order valence-electron chi connectivity index (χ3n) is 5.48. The van der Waals surface area contributed by atoms with Crippen molar-refractivity contribution in [1.29, 1.82) is 0 Å². The first-order valence-corrected chi connectivity index (χ1v) is 12.3. The van der Waals surface area contributed by atoms with Crippen LogP contribution in [0.4, 0.5) is 0 Å². The minimum absolute atomic E-state index is 0.0933. The topological polar surface area (TPSA) is 98.7 Å². The molecule has 2 aliphatic heterocycles. The number of methoxy groups -OCH3 is 3. The van der Waals surface area contributed by atoms with Crippen LogP contribution in [0.25, 0.3) is 0 Å². The van der Waals surface area contributed by atoms with Gasteiger partial charge in [0, 0.05) is 25.4 Å². The van der Waals surface area contributed by atoms with Crippen LogP contribution in [-0.4, -0.2) is 63.0 Å². The Bertz CT molecular complexity index is 1030. The van der Waals surface area contributed by atoms with Crippen LogP contribution in [0.15, 0.2) is 45.6 Å². The Labute approximate surface area is 210 Å². The van der Waals surface area contributed by atoms with E-state index in [0.29, 0.717) is 40.4 Å². The molecule has 0 spiro atoms. The molecule has 1 aromatic carbocycles. The first kappa shape index (κ1) is 26.6. The Morgan fingerprint density at radius 1 is 1.11 bits per heavy atom. The Morgan fingerprint density at radius 2 is 1.80 bits per heavy atom. The molecule has 0 fully saturated rings. The minimum Gasteiger partial charge on any atom is -0.497 e. The van der Waals surface area contributed by atoms with Gasteiger partial charge in [-0.05, 0) is 35.9 Å². The average Bonchev–Trinajstić information content (AvgIpc) is 3.23. The molecule has 190 valence electrons. The van der Waals surface area contributed by atoms with Gasteiger partial charge in [-0.3, -0.25) is 4.79 Å². The fourth-order valence-corrected chi connectivity index (χ4v) is 4.74. The van der Waals surface area contributed by atoms with Crippen molar-refractivity contribution in [2.75, 3.05) is 41.1 Å². The number of carbonyl (C=O) groups is 2. The maximum atomic E-state index is 13.3. The monoisotopic (exact) mass is 503 g/mol. The van der Waals surface area contributed by atoms with E-state index in [0.717, 1.165) is 11.3 Å². The Morgan fingerprint density at radius 3 is 2.40 bits per heavy atom. The van der Waals surface area contributed by atoms with E-state index < -0.39 is 12.0 Å². The van der Waals surface area contributed by atoms with Crippen molar-refractivity contribution in [2.45, 2.75) is 33.2 Å². The summed E-state index contributed by atoms with van der Waals surface area (Å²) in [6.07, 6.45) is 0.154. The fourth-order valence-electron chi connectivity index (χ4n) is 3.77. The van der Waals surface area contributed by atoms with E-state index in [-0.39, 0.29) is 25.5 Å². The number of rotatable bonds is 11. The van der Waals surface area contributed by atoms with Crippen LogP contribution in [0.3, 0.4) is 0 Å². The molecule has 0 aromatic heterocycles. The molecular weight excluding hydrogens is 470 g/mol. The average molecular weight is 504 g/mol. The molecule has 2 aliphatic rings. The maximum Gasteiger partial charge on any atom is 0.338 e. The van der Waals surface area contributed by atoms with E-state index in [2.05, 4.69) is 10.3 Å². The van der Waals surface area contributed by atoms with Crippen LogP contribution in [0.5, 0.6) is 11.5 Å². The highest BCUT2D eigenvalue weighted by Gasteiger charge is 2.41. The van der Waals surface area contributed by atoms with Crippen molar-refractivity contribution in [3.05, 3.63) is 46.1 Å². The summed E-state index contributed by atoms with van der Waals surface area (Å²) in [5.74, 6) is 0.924. The smallest absolute Gasteiger partial charge is 0.338 e. The van der Waals surface area contributed by atoms with Crippen molar-refractivity contribution in [2.24, 2.45) is 10.9 Å². The summed E-state index contributed by atoms with van der Waals surface area (Å²) in [4.78, 5) is 32.6. The second kappa shape index (κ2) is 12.1. The Hall–Kier alpha value is -2.98. The highest BCUT2D eigenvalue weighted by Crippen LogP contribution is 2.46. The third kappa shape index (κ3) is 6.37. The molecule has 0 saturated heterocycles. The van der Waals surface area contributed by atoms with Gasteiger partial charge >= 0.3 is 5.97 Å². The maximum absolute atomic E-state index is 13.3. The number of thioether (sulfide) groups is 1. The molecule has 1 unspecified atom stereocenters. The van der Waals surface area contributed by atoms with E-state index in [4.69, 9.17) is 18.9 Å². The van der Waals surface area contributed by atoms with Gasteiger partial charge in [-0.2, -0.15) is 0 Å². The number of nitrogens with zero attached hydrogens (tertiary/aromatic N) is 2. The molecule has 0 saturated carbocycles. The number of allylic oxidation sites excluding steroid dienone is 1. The van der Waals surface area contributed by atoms with E-state index in [1.54, 1.807) is 34.3 Å². The molecule has 1 atom stereocenters. The fraction of sp³-hybridized carbons (Fsp3) is 0.480. The molecule has 3 rings (SSSR count). The highest BCUT2D eigenvalue weighted by molar-refractivity contribution is 8.16. The summed E-state index contributed by atoms with van der Waals surface area (Å²) < 4.78 is 21.5. The molecule has 0 bridgehead atoms. The van der Waals surface area contributed by atoms with Crippen LogP contribution >= 0.6 is 11.8 Å². The van der Waals surface area contributed by atoms with Crippen molar-refractivity contribution < 1.29 is 28.5 Å². The van der Waals surface area contributed by atoms with Crippen LogP contribution in [0.2, 0.25) is 0 Å². The second-order valence-electron chi connectivity index (χ2n) is 8.54. The van der Waals surface area contributed by atoms with E-state index in [1.807, 2.05) is 36.3 Å². The van der Waals surface area contributed by atoms with Crippen molar-refractivity contribution in [3.8, 4) is 11.5 Å². The van der Waals surface area contributed by atoms with E-state index in [9.17, 15) is 9.59 Å². The number of carbonyl (C=O) groups excluding carboxylic acids is 2. The number of aliphatic imine (C=N–C) groups is 1. The number of amidine groups is 1. The largest absolute Gasteiger partial charge is 0.497 e. The zero-order valence-corrected chi connectivity index (χ0v) is 21.9. The van der Waals surface area contributed by atoms with Gasteiger partial charge in [0.15, 0.2) is 5.17 Å². The van der Waals surface area contributed by atoms with Gasteiger partial charge in [-0.15, -0.1) is 0 Å². The van der Waals surface area contributed by atoms with Crippen molar-refractivity contribution in [1.82, 2.24) is 10.2 Å². The van der Waals surface area contributed by atoms with Crippen LogP contribution in [-0.2, 0) is 19.1 Å². The lowest BCUT2D eigenvalue weighted by molar-refractivity contribution is -0.141. The van der Waals surface area contributed by atoms with Gasteiger partial charge in [-0.1, -0.05) is 25.6 Å². The number of esters is 1. The predicted octanol–water partition coefficient (Wildman–Crippen LogP) is 3.63. The molecular formula is C25H33N3O6S. The zero-order valence-electron chi connectivity index (χ0n) is 21.0. The molecule has 1 N–H and O–H groups in total. The summed E-state index contributed by atoms with van der Waals surface area (Å²) in [6.45, 7) is 6.86. The SMILES string of the molecule is COCCOC(=O)C1=C(C)N=C2SC=C(CC(=O)NCC(C)C)N2C1c1cc(OC)cc(OC)c1. The lowest BCUT2D eigenvalue weighted by Gasteiger charge is -2.36. The van der Waals surface area contributed by atoms with Gasteiger partial charge in [0.05, 0.1) is 44.6 Å². The van der Waals surface area contributed by atoms with Gasteiger partial charge in [0.2, 0.25) is 5.91 Å². The first-order chi connectivity index (χ1) is 16.8. The van der Waals surface area contributed by atoms with Crippen molar-refractivity contribution >= 4 is 28.8 Å². The standard InChI is InChI=1S/C25H33N3O6S/c1-15(2)13-26-21(29)11-18-14-35-25-27-16(3)22(24(30)34-8-7-31-4)23(28(18)25)17-9-19(32-5)12-20(10-17)33-6/h9-10,12,14-15,23H,7-8,11,13H2,1-6H3,(H,26,29). The van der Waals surface area contributed by atoms with Crippen LogP contribution in [0, 0.1) is 5.92 Å². The third-order valence-corrected chi connectivity index (χ3v) is 6.37. The molecule has 1 aromatic rings. The first-order valence-electron chi connectivity index (χ1n) is 11.4. The summed E-state index contributed by atoms with van der Waals surface area (Å²) >= 11 is 1.42. The number of fused-ring (bicyclic) bond motifs is 1. The number of hydrogen-bond acceptors (Lipinski definition) is 9. The molecule has 1 amide bonds. The van der Waals surface area contributed by atoms with Crippen molar-refractivity contribution in [3.63, 3.8) is 0 Å². The number of nitrogens with one attached hydrogen (secondary N) is 1.